The van der Waals surface area contributed by atoms with Crippen molar-refractivity contribution in [1.82, 2.24) is 4.98 Å². The van der Waals surface area contributed by atoms with Crippen LogP contribution < -0.4 is 0 Å². The standard InChI is InChI=1S/C13H12FNO/c1-9-5-2-3-6-10(9)13(16)12-11(14)7-4-8-15-12/h2-8,13,16H,1H3. The third kappa shape index (κ3) is 1.95. The molecular formula is C13H12FNO. The monoisotopic (exact) mass is 217 g/mol. The Kier molecular flexibility index (Phi) is 2.97. The highest BCUT2D eigenvalue weighted by Crippen LogP contribution is 2.24. The van der Waals surface area contributed by atoms with E-state index in [0.717, 1.165) is 5.56 Å². The molecule has 1 aromatic carbocycles. The summed E-state index contributed by atoms with van der Waals surface area (Å²) in [7, 11) is 0. The fraction of sp³-hybridized carbons (Fsp3) is 0.154. The van der Waals surface area contributed by atoms with E-state index in [1.807, 2.05) is 25.1 Å². The van der Waals surface area contributed by atoms with Crippen LogP contribution in [0.25, 0.3) is 0 Å². The summed E-state index contributed by atoms with van der Waals surface area (Å²) >= 11 is 0. The molecule has 0 saturated heterocycles. The molecular weight excluding hydrogens is 205 g/mol. The van der Waals surface area contributed by atoms with E-state index in [0.29, 0.717) is 5.56 Å². The minimum atomic E-state index is -1.01. The van der Waals surface area contributed by atoms with Crippen molar-refractivity contribution in [2.75, 3.05) is 0 Å². The molecule has 0 spiro atoms. The highest BCUT2D eigenvalue weighted by Gasteiger charge is 2.17. The summed E-state index contributed by atoms with van der Waals surface area (Å²) < 4.78 is 13.4. The van der Waals surface area contributed by atoms with Gasteiger partial charge in [0.2, 0.25) is 0 Å². The molecule has 0 bridgehead atoms. The number of nitrogens with zero attached hydrogens (tertiary/aromatic N) is 1. The Morgan fingerprint density at radius 1 is 1.19 bits per heavy atom. The average molecular weight is 217 g/mol. The second kappa shape index (κ2) is 4.41. The van der Waals surface area contributed by atoms with Crippen molar-refractivity contribution >= 4 is 0 Å². The molecule has 16 heavy (non-hydrogen) atoms. The van der Waals surface area contributed by atoms with E-state index in [4.69, 9.17) is 0 Å². The van der Waals surface area contributed by atoms with Crippen molar-refractivity contribution in [3.63, 3.8) is 0 Å². The van der Waals surface area contributed by atoms with Crippen molar-refractivity contribution in [2.24, 2.45) is 0 Å². The molecule has 0 fully saturated rings. The summed E-state index contributed by atoms with van der Waals surface area (Å²) in [6, 6.07) is 10.1. The zero-order chi connectivity index (χ0) is 11.5. The Balaban J connectivity index is 2.44. The van der Waals surface area contributed by atoms with E-state index >= 15 is 0 Å². The van der Waals surface area contributed by atoms with Crippen molar-refractivity contribution in [3.8, 4) is 0 Å². The first-order valence-corrected chi connectivity index (χ1v) is 5.04. The van der Waals surface area contributed by atoms with Gasteiger partial charge in [-0.2, -0.15) is 0 Å². The minimum absolute atomic E-state index is 0.0665. The topological polar surface area (TPSA) is 33.1 Å². The van der Waals surface area contributed by atoms with Gasteiger partial charge < -0.3 is 5.11 Å². The van der Waals surface area contributed by atoms with Gasteiger partial charge in [-0.15, -0.1) is 0 Å². The van der Waals surface area contributed by atoms with Gasteiger partial charge >= 0.3 is 0 Å². The first-order valence-electron chi connectivity index (χ1n) is 5.04. The lowest BCUT2D eigenvalue weighted by atomic mass is 10.0. The average Bonchev–Trinajstić information content (AvgIpc) is 2.29. The molecule has 1 N–H and O–H groups in total. The number of pyridine rings is 1. The van der Waals surface area contributed by atoms with Crippen molar-refractivity contribution in [1.29, 1.82) is 0 Å². The lowest BCUT2D eigenvalue weighted by Crippen LogP contribution is -2.06. The Morgan fingerprint density at radius 3 is 2.62 bits per heavy atom. The molecule has 1 heterocycles. The van der Waals surface area contributed by atoms with Gasteiger partial charge in [0.15, 0.2) is 0 Å². The minimum Gasteiger partial charge on any atom is -0.382 e. The van der Waals surface area contributed by atoms with Gasteiger partial charge in [0, 0.05) is 6.20 Å². The molecule has 2 rings (SSSR count). The molecule has 0 amide bonds. The van der Waals surface area contributed by atoms with Gasteiger partial charge in [-0.3, -0.25) is 4.98 Å². The zero-order valence-electron chi connectivity index (χ0n) is 8.89. The molecule has 1 atom stereocenters. The molecule has 2 aromatic rings. The smallest absolute Gasteiger partial charge is 0.147 e. The van der Waals surface area contributed by atoms with Crippen LogP contribution in [-0.2, 0) is 0 Å². The third-order valence-corrected chi connectivity index (χ3v) is 2.53. The van der Waals surface area contributed by atoms with E-state index in [2.05, 4.69) is 4.98 Å². The van der Waals surface area contributed by atoms with Crippen LogP contribution in [0.2, 0.25) is 0 Å². The predicted molar refractivity (Wildman–Crippen MR) is 59.4 cm³/mol. The van der Waals surface area contributed by atoms with Crippen LogP contribution in [0.4, 0.5) is 4.39 Å². The van der Waals surface area contributed by atoms with Crippen LogP contribution in [-0.4, -0.2) is 10.1 Å². The van der Waals surface area contributed by atoms with Gasteiger partial charge in [-0.1, -0.05) is 24.3 Å². The molecule has 0 radical (unpaired) electrons. The van der Waals surface area contributed by atoms with Gasteiger partial charge in [0.05, 0.1) is 0 Å². The lowest BCUT2D eigenvalue weighted by Gasteiger charge is -2.13. The van der Waals surface area contributed by atoms with E-state index in [9.17, 15) is 9.50 Å². The van der Waals surface area contributed by atoms with Crippen molar-refractivity contribution in [3.05, 3.63) is 65.2 Å². The van der Waals surface area contributed by atoms with Gasteiger partial charge in [0.1, 0.15) is 17.6 Å². The number of aliphatic hydroxyl groups is 1. The highest BCUT2D eigenvalue weighted by molar-refractivity contribution is 5.32. The molecule has 0 aliphatic carbocycles. The molecule has 1 aromatic heterocycles. The fourth-order valence-corrected chi connectivity index (χ4v) is 1.64. The summed E-state index contributed by atoms with van der Waals surface area (Å²) in [5.41, 5.74) is 1.66. The summed E-state index contributed by atoms with van der Waals surface area (Å²) in [5, 5.41) is 10.1. The fourth-order valence-electron chi connectivity index (χ4n) is 1.64. The summed E-state index contributed by atoms with van der Waals surface area (Å²) in [6.45, 7) is 1.87. The maximum Gasteiger partial charge on any atom is 0.147 e. The quantitative estimate of drug-likeness (QED) is 0.838. The van der Waals surface area contributed by atoms with Crippen LogP contribution >= 0.6 is 0 Å². The van der Waals surface area contributed by atoms with Crippen molar-refractivity contribution in [2.45, 2.75) is 13.0 Å². The largest absolute Gasteiger partial charge is 0.382 e. The Labute approximate surface area is 93.4 Å². The van der Waals surface area contributed by atoms with Crippen molar-refractivity contribution < 1.29 is 9.50 Å². The van der Waals surface area contributed by atoms with E-state index < -0.39 is 11.9 Å². The Hall–Kier alpha value is -1.74. The second-order valence-corrected chi connectivity index (χ2v) is 3.63. The maximum absolute atomic E-state index is 13.4. The number of aromatic nitrogens is 1. The lowest BCUT2D eigenvalue weighted by molar-refractivity contribution is 0.208. The highest BCUT2D eigenvalue weighted by atomic mass is 19.1. The van der Waals surface area contributed by atoms with Crippen LogP contribution in [0.15, 0.2) is 42.6 Å². The van der Waals surface area contributed by atoms with Gasteiger partial charge in [0.25, 0.3) is 0 Å². The summed E-state index contributed by atoms with van der Waals surface area (Å²) in [4.78, 5) is 3.87. The number of rotatable bonds is 2. The van der Waals surface area contributed by atoms with Crippen LogP contribution in [0.1, 0.15) is 22.9 Å². The normalized spacial score (nSPS) is 12.4. The molecule has 3 heteroatoms. The van der Waals surface area contributed by atoms with Crippen LogP contribution in [0.3, 0.4) is 0 Å². The van der Waals surface area contributed by atoms with Gasteiger partial charge in [-0.25, -0.2) is 4.39 Å². The summed E-state index contributed by atoms with van der Waals surface area (Å²) in [5.74, 6) is -0.488. The van der Waals surface area contributed by atoms with E-state index in [1.54, 1.807) is 6.07 Å². The second-order valence-electron chi connectivity index (χ2n) is 3.63. The number of benzene rings is 1. The van der Waals surface area contributed by atoms with Crippen LogP contribution in [0.5, 0.6) is 0 Å². The van der Waals surface area contributed by atoms with E-state index in [-0.39, 0.29) is 5.69 Å². The predicted octanol–water partition coefficient (Wildman–Crippen LogP) is 2.61. The van der Waals surface area contributed by atoms with E-state index in [1.165, 1.54) is 18.3 Å². The SMILES string of the molecule is Cc1ccccc1C(O)c1ncccc1F. The molecule has 2 nitrogen and oxygen atoms in total. The molecule has 82 valence electrons. The summed E-state index contributed by atoms with van der Waals surface area (Å²) in [6.07, 6.45) is 0.460. The first kappa shape index (κ1) is 10.8. The number of aryl methyl sites for hydroxylation is 1. The number of halogens is 1. The van der Waals surface area contributed by atoms with Gasteiger partial charge in [-0.05, 0) is 30.2 Å². The zero-order valence-corrected chi connectivity index (χ0v) is 8.89. The number of aliphatic hydroxyl groups excluding tert-OH is 1. The molecule has 0 aliphatic heterocycles. The maximum atomic E-state index is 13.4. The number of hydrogen-bond donors (Lipinski definition) is 1. The molecule has 0 saturated carbocycles. The van der Waals surface area contributed by atoms with Crippen LogP contribution in [0, 0.1) is 12.7 Å². The molecule has 0 aliphatic rings. The Bertz CT molecular complexity index is 453. The first-order chi connectivity index (χ1) is 7.70. The Morgan fingerprint density at radius 2 is 1.94 bits per heavy atom. The molecule has 1 unspecified atom stereocenters. The number of hydrogen-bond acceptors (Lipinski definition) is 2. The third-order valence-electron chi connectivity index (χ3n) is 2.53.